The van der Waals surface area contributed by atoms with Gasteiger partial charge < -0.3 is 5.73 Å². The summed E-state index contributed by atoms with van der Waals surface area (Å²) < 4.78 is 0. The van der Waals surface area contributed by atoms with Crippen LogP contribution in [0.15, 0.2) is 24.5 Å². The van der Waals surface area contributed by atoms with Crippen LogP contribution in [0.25, 0.3) is 0 Å². The summed E-state index contributed by atoms with van der Waals surface area (Å²) in [5.74, 6) is 0. The maximum atomic E-state index is 5.80. The van der Waals surface area contributed by atoms with E-state index in [1.165, 1.54) is 5.56 Å². The van der Waals surface area contributed by atoms with Gasteiger partial charge in [-0.25, -0.2) is 0 Å². The van der Waals surface area contributed by atoms with Crippen LogP contribution in [0.2, 0.25) is 0 Å². The quantitative estimate of drug-likeness (QED) is 0.769. The number of nitrogens with two attached hydrogens (primary N) is 1. The molecule has 0 saturated carbocycles. The highest BCUT2D eigenvalue weighted by atomic mass is 14.6. The summed E-state index contributed by atoms with van der Waals surface area (Å²) >= 11 is 0. The molecule has 2 nitrogen and oxygen atoms in total. The smallest absolute Gasteiger partial charge is 0.0305 e. The van der Waals surface area contributed by atoms with E-state index in [2.05, 4.69) is 24.9 Å². The fourth-order valence-electron chi connectivity index (χ4n) is 1.69. The highest BCUT2D eigenvalue weighted by molar-refractivity contribution is 5.19. The lowest BCUT2D eigenvalue weighted by Crippen LogP contribution is -2.28. The first-order valence-electron chi connectivity index (χ1n) is 4.68. The van der Waals surface area contributed by atoms with Crippen LogP contribution in [0.4, 0.5) is 0 Å². The van der Waals surface area contributed by atoms with Crippen LogP contribution in [0.5, 0.6) is 0 Å². The molecule has 0 saturated heterocycles. The summed E-state index contributed by atoms with van der Waals surface area (Å²) in [4.78, 5) is 4.12. The van der Waals surface area contributed by atoms with Gasteiger partial charge in [0.1, 0.15) is 0 Å². The monoisotopic (exact) mass is 178 g/mol. The number of hydrogen-bond acceptors (Lipinski definition) is 2. The van der Waals surface area contributed by atoms with Crippen LogP contribution in [0, 0.1) is 0 Å². The van der Waals surface area contributed by atoms with E-state index in [0.29, 0.717) is 0 Å². The van der Waals surface area contributed by atoms with Gasteiger partial charge in [0.15, 0.2) is 0 Å². The summed E-state index contributed by atoms with van der Waals surface area (Å²) in [6, 6.07) is 4.31. The summed E-state index contributed by atoms with van der Waals surface area (Å²) in [6.45, 7) is 6.44. The lowest BCUT2D eigenvalue weighted by Gasteiger charge is -2.26. The van der Waals surface area contributed by atoms with Crippen molar-refractivity contribution in [2.24, 2.45) is 5.73 Å². The number of pyridine rings is 1. The summed E-state index contributed by atoms with van der Waals surface area (Å²) in [5.41, 5.74) is 7.18. The molecule has 1 aromatic heterocycles. The van der Waals surface area contributed by atoms with Crippen LogP contribution < -0.4 is 5.73 Å². The average molecular weight is 178 g/mol. The Bertz CT molecular complexity index is 252. The third-order valence-corrected chi connectivity index (χ3v) is 2.28. The maximum Gasteiger partial charge on any atom is 0.0305 e. The van der Waals surface area contributed by atoms with Gasteiger partial charge in [-0.15, -0.1) is 0 Å². The molecule has 0 fully saturated rings. The van der Waals surface area contributed by atoms with E-state index in [1.807, 2.05) is 19.2 Å². The van der Waals surface area contributed by atoms with Gasteiger partial charge in [0.2, 0.25) is 0 Å². The minimum absolute atomic E-state index is 0.127. The molecule has 0 aliphatic rings. The highest BCUT2D eigenvalue weighted by Gasteiger charge is 2.21. The number of rotatable bonds is 3. The molecule has 2 N–H and O–H groups in total. The predicted octanol–water partition coefficient (Wildman–Crippen LogP) is 2.10. The Morgan fingerprint density at radius 3 is 2.69 bits per heavy atom. The average Bonchev–Trinajstić information content (AvgIpc) is 2.04. The van der Waals surface area contributed by atoms with Gasteiger partial charge in [-0.3, -0.25) is 4.98 Å². The molecule has 0 bridgehead atoms. The first kappa shape index (κ1) is 10.2. The van der Waals surface area contributed by atoms with E-state index in [9.17, 15) is 0 Å². The van der Waals surface area contributed by atoms with Crippen molar-refractivity contribution >= 4 is 0 Å². The molecule has 72 valence electrons. The SMILES string of the molecule is CC(N)CC(C)(C)c1cccnc1. The van der Waals surface area contributed by atoms with E-state index in [1.54, 1.807) is 6.20 Å². The van der Waals surface area contributed by atoms with Crippen molar-refractivity contribution in [3.63, 3.8) is 0 Å². The first-order chi connectivity index (χ1) is 6.02. The fourth-order valence-corrected chi connectivity index (χ4v) is 1.69. The molecule has 0 amide bonds. The fraction of sp³-hybridized carbons (Fsp3) is 0.545. The van der Waals surface area contributed by atoms with Gasteiger partial charge in [0.05, 0.1) is 0 Å². The summed E-state index contributed by atoms with van der Waals surface area (Å²) in [5, 5.41) is 0. The number of hydrogen-bond donors (Lipinski definition) is 1. The van der Waals surface area contributed by atoms with Gasteiger partial charge in [0.25, 0.3) is 0 Å². The Morgan fingerprint density at radius 1 is 1.54 bits per heavy atom. The van der Waals surface area contributed by atoms with Gasteiger partial charge in [-0.1, -0.05) is 19.9 Å². The zero-order chi connectivity index (χ0) is 9.90. The Labute approximate surface area is 80.2 Å². The molecule has 0 radical (unpaired) electrons. The van der Waals surface area contributed by atoms with Gasteiger partial charge in [0, 0.05) is 18.4 Å². The largest absolute Gasteiger partial charge is 0.328 e. The van der Waals surface area contributed by atoms with Crippen LogP contribution in [-0.2, 0) is 5.41 Å². The summed E-state index contributed by atoms with van der Waals surface area (Å²) in [6.07, 6.45) is 4.70. The predicted molar refractivity (Wildman–Crippen MR) is 55.5 cm³/mol. The van der Waals surface area contributed by atoms with Crippen molar-refractivity contribution in [3.05, 3.63) is 30.1 Å². The second-order valence-corrected chi connectivity index (χ2v) is 4.31. The van der Waals surface area contributed by atoms with E-state index >= 15 is 0 Å². The van der Waals surface area contributed by atoms with Crippen molar-refractivity contribution < 1.29 is 0 Å². The van der Waals surface area contributed by atoms with Gasteiger partial charge in [-0.05, 0) is 30.4 Å². The van der Waals surface area contributed by atoms with Crippen molar-refractivity contribution in [2.75, 3.05) is 0 Å². The van der Waals surface area contributed by atoms with Crippen LogP contribution in [0.1, 0.15) is 32.8 Å². The highest BCUT2D eigenvalue weighted by Crippen LogP contribution is 2.26. The second-order valence-electron chi connectivity index (χ2n) is 4.31. The molecule has 1 heterocycles. The molecule has 1 unspecified atom stereocenters. The molecule has 2 heteroatoms. The van der Waals surface area contributed by atoms with Crippen molar-refractivity contribution in [3.8, 4) is 0 Å². The van der Waals surface area contributed by atoms with E-state index in [0.717, 1.165) is 6.42 Å². The van der Waals surface area contributed by atoms with Crippen LogP contribution in [-0.4, -0.2) is 11.0 Å². The molecular formula is C11H18N2. The first-order valence-corrected chi connectivity index (χ1v) is 4.68. The Kier molecular flexibility index (Phi) is 3.04. The lowest BCUT2D eigenvalue weighted by molar-refractivity contribution is 0.436. The second kappa shape index (κ2) is 3.88. The Hall–Kier alpha value is -0.890. The van der Waals surface area contributed by atoms with Crippen molar-refractivity contribution in [1.29, 1.82) is 0 Å². The van der Waals surface area contributed by atoms with Crippen molar-refractivity contribution in [1.82, 2.24) is 4.98 Å². The molecule has 0 aliphatic carbocycles. The zero-order valence-corrected chi connectivity index (χ0v) is 8.62. The summed E-state index contributed by atoms with van der Waals surface area (Å²) in [7, 11) is 0. The van der Waals surface area contributed by atoms with E-state index in [4.69, 9.17) is 5.73 Å². The standard InChI is InChI=1S/C11H18N2/c1-9(12)7-11(2,3)10-5-4-6-13-8-10/h4-6,8-9H,7,12H2,1-3H3. The number of aromatic nitrogens is 1. The van der Waals surface area contributed by atoms with Crippen LogP contribution >= 0.6 is 0 Å². The van der Waals surface area contributed by atoms with Gasteiger partial charge >= 0.3 is 0 Å². The molecule has 1 rings (SSSR count). The molecule has 0 aliphatic heterocycles. The number of nitrogens with zero attached hydrogens (tertiary/aromatic N) is 1. The van der Waals surface area contributed by atoms with E-state index in [-0.39, 0.29) is 11.5 Å². The minimum Gasteiger partial charge on any atom is -0.328 e. The molecule has 1 atom stereocenters. The molecule has 0 spiro atoms. The van der Waals surface area contributed by atoms with Crippen LogP contribution in [0.3, 0.4) is 0 Å². The molecular weight excluding hydrogens is 160 g/mol. The van der Waals surface area contributed by atoms with Gasteiger partial charge in [-0.2, -0.15) is 0 Å². The van der Waals surface area contributed by atoms with E-state index < -0.39 is 0 Å². The normalized spacial score (nSPS) is 14.2. The third-order valence-electron chi connectivity index (χ3n) is 2.28. The molecule has 1 aromatic rings. The zero-order valence-electron chi connectivity index (χ0n) is 8.62. The molecule has 13 heavy (non-hydrogen) atoms. The minimum atomic E-state index is 0.127. The topological polar surface area (TPSA) is 38.9 Å². The Morgan fingerprint density at radius 2 is 2.23 bits per heavy atom. The van der Waals surface area contributed by atoms with Crippen molar-refractivity contribution in [2.45, 2.75) is 38.6 Å². The maximum absolute atomic E-state index is 5.80. The Balaban J connectivity index is 2.81. The molecule has 0 aromatic carbocycles. The third kappa shape index (κ3) is 2.81. The lowest BCUT2D eigenvalue weighted by atomic mass is 9.80.